The molecule has 2 aromatic carbocycles. The van der Waals surface area contributed by atoms with Crippen LogP contribution in [0.25, 0.3) is 10.9 Å². The number of fused-ring (bicyclic) bond motifs is 1. The summed E-state index contributed by atoms with van der Waals surface area (Å²) in [6.07, 6.45) is -1.08. The lowest BCUT2D eigenvalue weighted by Crippen LogP contribution is -2.47. The van der Waals surface area contributed by atoms with Gasteiger partial charge in [-0.2, -0.15) is 0 Å². The number of amides is 2. The number of carbonyl (C=O) groups excluding carboxylic acids is 2. The molecule has 1 unspecified atom stereocenters. The molecule has 28 heavy (non-hydrogen) atoms. The first-order valence-corrected chi connectivity index (χ1v) is 8.61. The van der Waals surface area contributed by atoms with Crippen molar-refractivity contribution in [2.75, 3.05) is 0 Å². The van der Waals surface area contributed by atoms with Crippen molar-refractivity contribution in [3.63, 3.8) is 0 Å². The van der Waals surface area contributed by atoms with E-state index in [2.05, 4.69) is 15.8 Å². The van der Waals surface area contributed by atoms with Crippen LogP contribution in [0.1, 0.15) is 18.2 Å². The number of hydrogen-bond donors (Lipinski definition) is 3. The van der Waals surface area contributed by atoms with Crippen LogP contribution < -0.4 is 15.6 Å². The Kier molecular flexibility index (Phi) is 5.58. The van der Waals surface area contributed by atoms with E-state index in [-0.39, 0.29) is 12.2 Å². The van der Waals surface area contributed by atoms with Crippen molar-refractivity contribution in [3.05, 3.63) is 65.4 Å². The summed E-state index contributed by atoms with van der Waals surface area (Å²) in [6, 6.07) is 9.99. The van der Waals surface area contributed by atoms with E-state index in [1.54, 1.807) is 19.1 Å². The summed E-state index contributed by atoms with van der Waals surface area (Å²) in [5, 5.41) is 0.607. The quantitative estimate of drug-likeness (QED) is 0.589. The maximum atomic E-state index is 13.6. The van der Waals surface area contributed by atoms with Crippen LogP contribution in [0.2, 0.25) is 0 Å². The van der Waals surface area contributed by atoms with Gasteiger partial charge in [-0.15, -0.1) is 0 Å². The van der Waals surface area contributed by atoms with Gasteiger partial charge in [0.05, 0.1) is 6.42 Å². The summed E-state index contributed by atoms with van der Waals surface area (Å²) in [5.41, 5.74) is 6.62. The van der Waals surface area contributed by atoms with Crippen molar-refractivity contribution in [1.82, 2.24) is 15.8 Å². The fourth-order valence-electron chi connectivity index (χ4n) is 2.80. The molecular formula is C20H19F2N3O3. The molecule has 0 saturated heterocycles. The van der Waals surface area contributed by atoms with Gasteiger partial charge in [0.2, 0.25) is 5.91 Å². The van der Waals surface area contributed by atoms with Gasteiger partial charge in [-0.05, 0) is 49.7 Å². The van der Waals surface area contributed by atoms with Gasteiger partial charge >= 0.3 is 0 Å². The first kappa shape index (κ1) is 19.3. The maximum Gasteiger partial charge on any atom is 0.279 e. The molecule has 3 aromatic rings. The lowest BCUT2D eigenvalue weighted by molar-refractivity contribution is -0.132. The van der Waals surface area contributed by atoms with E-state index < -0.39 is 29.6 Å². The summed E-state index contributed by atoms with van der Waals surface area (Å²) in [7, 11) is 0. The standard InChI is InChI=1S/C20H19F2N3O3/c1-11-14(15-9-13(21)7-8-17(15)23-11)10-19(26)24-25-20(27)12(2)28-18-6-4-3-5-16(18)22/h3-9,12,23H,10H2,1-2H3,(H,24,26)(H,25,27). The predicted molar refractivity (Wildman–Crippen MR) is 99.5 cm³/mol. The zero-order valence-electron chi connectivity index (χ0n) is 15.3. The van der Waals surface area contributed by atoms with E-state index in [1.807, 2.05) is 0 Å². The molecule has 0 bridgehead atoms. The summed E-state index contributed by atoms with van der Waals surface area (Å²) in [6.45, 7) is 3.21. The van der Waals surface area contributed by atoms with Crippen LogP contribution in [0.5, 0.6) is 5.75 Å². The minimum atomic E-state index is -1.03. The van der Waals surface area contributed by atoms with E-state index in [4.69, 9.17) is 4.74 Å². The monoisotopic (exact) mass is 387 g/mol. The van der Waals surface area contributed by atoms with E-state index in [1.165, 1.54) is 37.3 Å². The first-order chi connectivity index (χ1) is 13.3. The number of aromatic amines is 1. The van der Waals surface area contributed by atoms with Gasteiger partial charge in [0, 0.05) is 16.6 Å². The summed E-state index contributed by atoms with van der Waals surface area (Å²) in [4.78, 5) is 27.3. The number of carbonyl (C=O) groups is 2. The summed E-state index contributed by atoms with van der Waals surface area (Å²) in [5.74, 6) is -2.18. The van der Waals surface area contributed by atoms with Gasteiger partial charge in [-0.25, -0.2) is 8.78 Å². The van der Waals surface area contributed by atoms with Crippen molar-refractivity contribution >= 4 is 22.7 Å². The normalized spacial score (nSPS) is 11.9. The van der Waals surface area contributed by atoms with Crippen molar-refractivity contribution < 1.29 is 23.1 Å². The number of aromatic nitrogens is 1. The number of halogens is 2. The Bertz CT molecular complexity index is 1030. The molecule has 8 heteroatoms. The highest BCUT2D eigenvalue weighted by atomic mass is 19.1. The molecule has 0 aliphatic rings. The van der Waals surface area contributed by atoms with Crippen molar-refractivity contribution in [2.45, 2.75) is 26.4 Å². The Labute approximate surface area is 159 Å². The predicted octanol–water partition coefficient (Wildman–Crippen LogP) is 2.91. The fourth-order valence-corrected chi connectivity index (χ4v) is 2.80. The Morgan fingerprint density at radius 2 is 1.89 bits per heavy atom. The second-order valence-corrected chi connectivity index (χ2v) is 6.32. The third-order valence-corrected chi connectivity index (χ3v) is 4.25. The molecule has 1 aromatic heterocycles. The van der Waals surface area contributed by atoms with E-state index in [9.17, 15) is 18.4 Å². The fraction of sp³-hybridized carbons (Fsp3) is 0.200. The lowest BCUT2D eigenvalue weighted by Gasteiger charge is -2.15. The highest BCUT2D eigenvalue weighted by molar-refractivity contribution is 5.91. The van der Waals surface area contributed by atoms with Crippen LogP contribution in [0, 0.1) is 18.6 Å². The topological polar surface area (TPSA) is 83.2 Å². The van der Waals surface area contributed by atoms with Gasteiger partial charge in [-0.1, -0.05) is 12.1 Å². The Morgan fingerprint density at radius 3 is 2.64 bits per heavy atom. The largest absolute Gasteiger partial charge is 0.478 e. The minimum absolute atomic E-state index is 0.0574. The zero-order chi connectivity index (χ0) is 20.3. The molecule has 3 N–H and O–H groups in total. The van der Waals surface area contributed by atoms with Crippen LogP contribution in [0.3, 0.4) is 0 Å². The Morgan fingerprint density at radius 1 is 1.14 bits per heavy atom. The molecule has 1 heterocycles. The molecule has 6 nitrogen and oxygen atoms in total. The average Bonchev–Trinajstić information content (AvgIpc) is 2.96. The van der Waals surface area contributed by atoms with E-state index in [0.29, 0.717) is 10.9 Å². The number of ether oxygens (including phenoxy) is 1. The van der Waals surface area contributed by atoms with E-state index in [0.717, 1.165) is 11.2 Å². The van der Waals surface area contributed by atoms with Crippen molar-refractivity contribution in [1.29, 1.82) is 0 Å². The SMILES string of the molecule is Cc1[nH]c2ccc(F)cc2c1CC(=O)NNC(=O)C(C)Oc1ccccc1F. The number of rotatable bonds is 5. The average molecular weight is 387 g/mol. The molecule has 0 aliphatic heterocycles. The molecule has 1 atom stereocenters. The molecule has 2 amide bonds. The Hall–Kier alpha value is -3.42. The number of aryl methyl sites for hydroxylation is 1. The van der Waals surface area contributed by atoms with Crippen LogP contribution in [0.15, 0.2) is 42.5 Å². The number of H-pyrrole nitrogens is 1. The summed E-state index contributed by atoms with van der Waals surface area (Å²) < 4.78 is 32.3. The molecule has 0 fully saturated rings. The molecule has 0 spiro atoms. The summed E-state index contributed by atoms with van der Waals surface area (Å²) >= 11 is 0. The smallest absolute Gasteiger partial charge is 0.279 e. The van der Waals surface area contributed by atoms with Gasteiger partial charge in [0.15, 0.2) is 17.7 Å². The molecule has 0 saturated carbocycles. The lowest BCUT2D eigenvalue weighted by atomic mass is 10.1. The number of benzene rings is 2. The second kappa shape index (κ2) is 8.08. The molecule has 3 rings (SSSR count). The van der Waals surface area contributed by atoms with Crippen molar-refractivity contribution in [2.24, 2.45) is 0 Å². The maximum absolute atomic E-state index is 13.6. The van der Waals surface area contributed by atoms with Crippen LogP contribution in [-0.4, -0.2) is 22.9 Å². The number of hydrazine groups is 1. The van der Waals surface area contributed by atoms with E-state index >= 15 is 0 Å². The Balaban J connectivity index is 1.58. The molecular weight excluding hydrogens is 368 g/mol. The number of nitrogens with one attached hydrogen (secondary N) is 3. The number of hydrogen-bond acceptors (Lipinski definition) is 3. The van der Waals surface area contributed by atoms with Gasteiger partial charge in [0.1, 0.15) is 5.82 Å². The molecule has 0 aliphatic carbocycles. The van der Waals surface area contributed by atoms with Gasteiger partial charge in [0.25, 0.3) is 5.91 Å². The van der Waals surface area contributed by atoms with Crippen LogP contribution >= 0.6 is 0 Å². The molecule has 0 radical (unpaired) electrons. The minimum Gasteiger partial charge on any atom is -0.478 e. The van der Waals surface area contributed by atoms with Gasteiger partial charge < -0.3 is 9.72 Å². The second-order valence-electron chi connectivity index (χ2n) is 6.32. The highest BCUT2D eigenvalue weighted by Gasteiger charge is 2.18. The highest BCUT2D eigenvalue weighted by Crippen LogP contribution is 2.23. The molecule has 146 valence electrons. The van der Waals surface area contributed by atoms with Crippen LogP contribution in [-0.2, 0) is 16.0 Å². The van der Waals surface area contributed by atoms with Crippen molar-refractivity contribution in [3.8, 4) is 5.75 Å². The number of para-hydroxylation sites is 1. The van der Waals surface area contributed by atoms with Gasteiger partial charge in [-0.3, -0.25) is 20.4 Å². The first-order valence-electron chi connectivity index (χ1n) is 8.61. The third kappa shape index (κ3) is 4.28. The zero-order valence-corrected chi connectivity index (χ0v) is 15.3. The van der Waals surface area contributed by atoms with Crippen LogP contribution in [0.4, 0.5) is 8.78 Å². The third-order valence-electron chi connectivity index (χ3n) is 4.25.